The van der Waals surface area contributed by atoms with Crippen LogP contribution in [0.5, 0.6) is 0 Å². The fourth-order valence-corrected chi connectivity index (χ4v) is 2.00. The summed E-state index contributed by atoms with van der Waals surface area (Å²) in [6.07, 6.45) is 2.36. The Balaban J connectivity index is 2.85. The van der Waals surface area contributed by atoms with Crippen LogP contribution >= 0.6 is 0 Å². The predicted molar refractivity (Wildman–Crippen MR) is 87.3 cm³/mol. The summed E-state index contributed by atoms with van der Waals surface area (Å²) in [5.41, 5.74) is 10.9. The van der Waals surface area contributed by atoms with E-state index in [9.17, 15) is 19.2 Å². The van der Waals surface area contributed by atoms with E-state index in [0.29, 0.717) is 5.69 Å². The number of aliphatic carboxylic acids is 1. The molecule has 0 spiro atoms. The van der Waals surface area contributed by atoms with Gasteiger partial charge < -0.3 is 37.3 Å². The number of H-pyrrole nitrogens is 1. The molecule has 0 aliphatic carbocycles. The van der Waals surface area contributed by atoms with Crippen molar-refractivity contribution in [2.75, 3.05) is 6.61 Å². The highest BCUT2D eigenvalue weighted by atomic mass is 16.4. The second-order valence-electron chi connectivity index (χ2n) is 5.54. The standard InChI is InChI=1S/C14H22N6O6/c15-8(5-21)12(23)20-10(3-7-4-17-6-18-7)13(24)19-9(14(25)26)1-2-11(16)22/h4,6,8-10,21H,1-3,5,15H2,(H2,16,22)(H,17,18)(H,19,24)(H,20,23)(H,25,26). The zero-order valence-corrected chi connectivity index (χ0v) is 13.8. The molecule has 1 aromatic rings. The lowest BCUT2D eigenvalue weighted by atomic mass is 10.1. The monoisotopic (exact) mass is 370 g/mol. The zero-order valence-electron chi connectivity index (χ0n) is 13.8. The van der Waals surface area contributed by atoms with Crippen molar-refractivity contribution in [3.63, 3.8) is 0 Å². The van der Waals surface area contributed by atoms with E-state index < -0.39 is 48.4 Å². The van der Waals surface area contributed by atoms with E-state index in [1.165, 1.54) is 12.5 Å². The Morgan fingerprint density at radius 3 is 2.35 bits per heavy atom. The van der Waals surface area contributed by atoms with Crippen molar-refractivity contribution in [2.45, 2.75) is 37.4 Å². The van der Waals surface area contributed by atoms with Crippen LogP contribution in [0.15, 0.2) is 12.5 Å². The van der Waals surface area contributed by atoms with E-state index in [0.717, 1.165) is 0 Å². The molecule has 0 fully saturated rings. The lowest BCUT2D eigenvalue weighted by molar-refractivity contribution is -0.142. The summed E-state index contributed by atoms with van der Waals surface area (Å²) in [5.74, 6) is -3.63. The van der Waals surface area contributed by atoms with Crippen molar-refractivity contribution < 1.29 is 29.4 Å². The lowest BCUT2D eigenvalue weighted by Gasteiger charge is -2.22. The third-order valence-electron chi connectivity index (χ3n) is 3.44. The molecule has 0 saturated heterocycles. The van der Waals surface area contributed by atoms with Gasteiger partial charge in [-0.05, 0) is 6.42 Å². The number of nitrogens with one attached hydrogen (secondary N) is 3. The number of amides is 3. The minimum Gasteiger partial charge on any atom is -0.480 e. The van der Waals surface area contributed by atoms with Gasteiger partial charge in [0.15, 0.2) is 0 Å². The van der Waals surface area contributed by atoms with Crippen LogP contribution in [0.2, 0.25) is 0 Å². The summed E-state index contributed by atoms with van der Waals surface area (Å²) in [6.45, 7) is -0.624. The Morgan fingerprint density at radius 2 is 1.85 bits per heavy atom. The fraction of sp³-hybridized carbons (Fsp3) is 0.500. The van der Waals surface area contributed by atoms with Gasteiger partial charge in [-0.3, -0.25) is 14.4 Å². The van der Waals surface area contributed by atoms with Gasteiger partial charge in [0.05, 0.1) is 12.9 Å². The highest BCUT2D eigenvalue weighted by molar-refractivity contribution is 5.92. The SMILES string of the molecule is NC(=O)CCC(NC(=O)C(Cc1cnc[nH]1)NC(=O)C(N)CO)C(=O)O. The van der Waals surface area contributed by atoms with E-state index in [4.69, 9.17) is 21.7 Å². The average molecular weight is 370 g/mol. The topological polar surface area (TPSA) is 214 Å². The number of nitrogens with two attached hydrogens (primary N) is 2. The molecule has 0 aliphatic rings. The Morgan fingerprint density at radius 1 is 1.19 bits per heavy atom. The molecule has 0 aliphatic heterocycles. The summed E-state index contributed by atoms with van der Waals surface area (Å²) in [5, 5.41) is 22.7. The van der Waals surface area contributed by atoms with Crippen LogP contribution in [0.4, 0.5) is 0 Å². The maximum absolute atomic E-state index is 12.4. The summed E-state index contributed by atoms with van der Waals surface area (Å²) in [7, 11) is 0. The van der Waals surface area contributed by atoms with Gasteiger partial charge in [0.25, 0.3) is 0 Å². The third-order valence-corrected chi connectivity index (χ3v) is 3.44. The maximum atomic E-state index is 12.4. The Bertz CT molecular complexity index is 634. The van der Waals surface area contributed by atoms with Gasteiger partial charge in [0, 0.05) is 24.7 Å². The molecular formula is C14H22N6O6. The van der Waals surface area contributed by atoms with Crippen molar-refractivity contribution in [3.8, 4) is 0 Å². The van der Waals surface area contributed by atoms with Gasteiger partial charge in [-0.2, -0.15) is 0 Å². The second kappa shape index (κ2) is 10.1. The van der Waals surface area contributed by atoms with E-state index in [1.54, 1.807) is 0 Å². The fourth-order valence-electron chi connectivity index (χ4n) is 2.00. The van der Waals surface area contributed by atoms with E-state index in [-0.39, 0.29) is 19.3 Å². The normalized spacial score (nSPS) is 14.1. The van der Waals surface area contributed by atoms with Crippen LogP contribution in [-0.4, -0.2) is 68.6 Å². The Labute approximate surface area is 148 Å². The average Bonchev–Trinajstić information content (AvgIpc) is 3.09. The molecule has 0 saturated carbocycles. The molecule has 26 heavy (non-hydrogen) atoms. The number of carboxylic acids is 1. The number of carbonyl (C=O) groups is 4. The zero-order chi connectivity index (χ0) is 19.7. The minimum absolute atomic E-state index is 0.0160. The number of imidazole rings is 1. The molecule has 1 heterocycles. The number of primary amides is 1. The first-order chi connectivity index (χ1) is 12.2. The quantitative estimate of drug-likeness (QED) is 0.208. The number of hydrogen-bond donors (Lipinski definition) is 7. The molecule has 1 rings (SSSR count). The minimum atomic E-state index is -1.36. The van der Waals surface area contributed by atoms with Crippen molar-refractivity contribution in [1.29, 1.82) is 0 Å². The van der Waals surface area contributed by atoms with Crippen LogP contribution < -0.4 is 22.1 Å². The van der Waals surface area contributed by atoms with Crippen molar-refractivity contribution in [3.05, 3.63) is 18.2 Å². The Hall–Kier alpha value is -2.99. The largest absolute Gasteiger partial charge is 0.480 e. The molecule has 9 N–H and O–H groups in total. The molecule has 3 amide bonds. The first kappa shape index (κ1) is 21.1. The molecule has 144 valence electrons. The van der Waals surface area contributed by atoms with Crippen LogP contribution in [0, 0.1) is 0 Å². The number of aliphatic hydroxyl groups excluding tert-OH is 1. The lowest BCUT2D eigenvalue weighted by Crippen LogP contribution is -2.55. The molecule has 0 aromatic carbocycles. The molecule has 12 heteroatoms. The Kier molecular flexibility index (Phi) is 8.18. The molecule has 0 radical (unpaired) electrons. The van der Waals surface area contributed by atoms with Gasteiger partial charge >= 0.3 is 5.97 Å². The number of nitrogens with zero attached hydrogens (tertiary/aromatic N) is 1. The van der Waals surface area contributed by atoms with Crippen LogP contribution in [0.25, 0.3) is 0 Å². The van der Waals surface area contributed by atoms with Gasteiger partial charge in [-0.25, -0.2) is 9.78 Å². The van der Waals surface area contributed by atoms with Crippen LogP contribution in [-0.2, 0) is 25.6 Å². The predicted octanol–water partition coefficient (Wildman–Crippen LogP) is -3.41. The first-order valence-corrected chi connectivity index (χ1v) is 7.70. The molecule has 12 nitrogen and oxygen atoms in total. The molecule has 1 aromatic heterocycles. The molecular weight excluding hydrogens is 348 g/mol. The number of rotatable bonds is 11. The second-order valence-corrected chi connectivity index (χ2v) is 5.54. The van der Waals surface area contributed by atoms with Gasteiger partial charge in [-0.15, -0.1) is 0 Å². The number of carboxylic acid groups (broad SMARTS) is 1. The van der Waals surface area contributed by atoms with Crippen LogP contribution in [0.3, 0.4) is 0 Å². The van der Waals surface area contributed by atoms with Crippen LogP contribution in [0.1, 0.15) is 18.5 Å². The number of carbonyl (C=O) groups excluding carboxylic acids is 3. The maximum Gasteiger partial charge on any atom is 0.326 e. The number of aliphatic hydroxyl groups is 1. The highest BCUT2D eigenvalue weighted by Crippen LogP contribution is 2.03. The van der Waals surface area contributed by atoms with Crippen molar-refractivity contribution in [2.24, 2.45) is 11.5 Å². The summed E-state index contributed by atoms with van der Waals surface area (Å²) in [6, 6.07) is -3.77. The van der Waals surface area contributed by atoms with Crippen molar-refractivity contribution in [1.82, 2.24) is 20.6 Å². The third kappa shape index (κ3) is 6.86. The molecule has 3 unspecified atom stereocenters. The summed E-state index contributed by atoms with van der Waals surface area (Å²) < 4.78 is 0. The van der Waals surface area contributed by atoms with Gasteiger partial charge in [0.1, 0.15) is 18.1 Å². The van der Waals surface area contributed by atoms with E-state index in [2.05, 4.69) is 20.6 Å². The molecule has 3 atom stereocenters. The highest BCUT2D eigenvalue weighted by Gasteiger charge is 2.28. The van der Waals surface area contributed by atoms with Crippen molar-refractivity contribution >= 4 is 23.7 Å². The van der Waals surface area contributed by atoms with Gasteiger partial charge in [0.2, 0.25) is 17.7 Å². The smallest absolute Gasteiger partial charge is 0.326 e. The summed E-state index contributed by atoms with van der Waals surface area (Å²) >= 11 is 0. The number of aromatic nitrogens is 2. The van der Waals surface area contributed by atoms with Gasteiger partial charge in [-0.1, -0.05) is 0 Å². The van der Waals surface area contributed by atoms with E-state index in [1.807, 2.05) is 0 Å². The summed E-state index contributed by atoms with van der Waals surface area (Å²) in [4.78, 5) is 52.9. The first-order valence-electron chi connectivity index (χ1n) is 7.70. The van der Waals surface area contributed by atoms with E-state index >= 15 is 0 Å². The number of hydrogen-bond acceptors (Lipinski definition) is 7. The number of aromatic amines is 1. The molecule has 0 bridgehead atoms.